The Morgan fingerprint density at radius 2 is 1.50 bits per heavy atom. The van der Waals surface area contributed by atoms with Crippen LogP contribution >= 0.6 is 11.3 Å². The van der Waals surface area contributed by atoms with Crippen LogP contribution in [0.15, 0.2) is 77.0 Å². The molecule has 168 valence electrons. The van der Waals surface area contributed by atoms with Crippen molar-refractivity contribution < 1.29 is 13.2 Å². The first kappa shape index (κ1) is 22.7. The highest BCUT2D eigenvalue weighted by atomic mass is 32.2. The fourth-order valence-electron chi connectivity index (χ4n) is 4.12. The van der Waals surface area contributed by atoms with Crippen LogP contribution in [0, 0.1) is 0 Å². The van der Waals surface area contributed by atoms with Gasteiger partial charge in [-0.1, -0.05) is 60.7 Å². The largest absolute Gasteiger partial charge is 0.356 e. The van der Waals surface area contributed by atoms with E-state index in [-0.39, 0.29) is 18.2 Å². The molecule has 2 aromatic carbocycles. The molecule has 1 aliphatic rings. The fourth-order valence-corrected chi connectivity index (χ4v) is 7.15. The van der Waals surface area contributed by atoms with Gasteiger partial charge in [0.25, 0.3) is 10.0 Å². The van der Waals surface area contributed by atoms with Crippen LogP contribution in [0.3, 0.4) is 0 Å². The minimum absolute atomic E-state index is 0.0863. The third-order valence-corrected chi connectivity index (χ3v) is 9.24. The smallest absolute Gasteiger partial charge is 0.252 e. The van der Waals surface area contributed by atoms with Crippen molar-refractivity contribution in [1.29, 1.82) is 0 Å². The third-order valence-electron chi connectivity index (χ3n) is 5.79. The molecule has 32 heavy (non-hydrogen) atoms. The highest BCUT2D eigenvalue weighted by Crippen LogP contribution is 2.29. The highest BCUT2D eigenvalue weighted by molar-refractivity contribution is 7.91. The van der Waals surface area contributed by atoms with Crippen molar-refractivity contribution in [1.82, 2.24) is 9.62 Å². The predicted octanol–water partition coefficient (Wildman–Crippen LogP) is 4.41. The molecule has 1 saturated heterocycles. The second kappa shape index (κ2) is 10.4. The van der Waals surface area contributed by atoms with Gasteiger partial charge < -0.3 is 5.32 Å². The first-order valence-electron chi connectivity index (χ1n) is 11.0. The number of carbonyl (C=O) groups excluding carboxylic acids is 1. The van der Waals surface area contributed by atoms with Crippen molar-refractivity contribution in [3.63, 3.8) is 0 Å². The molecule has 0 spiro atoms. The summed E-state index contributed by atoms with van der Waals surface area (Å²) in [6, 6.07) is 24.0. The van der Waals surface area contributed by atoms with E-state index in [1.54, 1.807) is 12.1 Å². The molecule has 5 nitrogen and oxygen atoms in total. The van der Waals surface area contributed by atoms with E-state index >= 15 is 0 Å². The van der Waals surface area contributed by atoms with Crippen molar-refractivity contribution >= 4 is 27.3 Å². The van der Waals surface area contributed by atoms with E-state index in [0.717, 1.165) is 24.1 Å². The Morgan fingerprint density at radius 3 is 2.09 bits per heavy atom. The molecule has 0 saturated carbocycles. The summed E-state index contributed by atoms with van der Waals surface area (Å²) in [4.78, 5) is 13.3. The van der Waals surface area contributed by atoms with E-state index in [9.17, 15) is 13.2 Å². The number of nitrogens with zero attached hydrogens (tertiary/aromatic N) is 1. The van der Waals surface area contributed by atoms with Gasteiger partial charge in [0.2, 0.25) is 5.91 Å². The summed E-state index contributed by atoms with van der Waals surface area (Å²) in [6.45, 7) is 1.72. The first-order valence-corrected chi connectivity index (χ1v) is 13.2. The third kappa shape index (κ3) is 5.46. The lowest BCUT2D eigenvalue weighted by Gasteiger charge is -2.18. The summed E-state index contributed by atoms with van der Waals surface area (Å²) in [7, 11) is -3.42. The molecular weight excluding hydrogens is 440 g/mol. The lowest BCUT2D eigenvalue weighted by molar-refractivity contribution is -0.120. The number of thiophene rings is 1. The highest BCUT2D eigenvalue weighted by Gasteiger charge is 2.28. The maximum Gasteiger partial charge on any atom is 0.252 e. The molecular formula is C25H28N2O3S2. The van der Waals surface area contributed by atoms with Gasteiger partial charge in [0, 0.05) is 30.4 Å². The maximum absolute atomic E-state index is 12.7. The molecule has 3 aromatic rings. The molecule has 0 aliphatic carbocycles. The van der Waals surface area contributed by atoms with Gasteiger partial charge in [0.05, 0.1) is 6.42 Å². The molecule has 0 bridgehead atoms. The normalized spacial score (nSPS) is 14.7. The van der Waals surface area contributed by atoms with Crippen molar-refractivity contribution in [3.8, 4) is 0 Å². The van der Waals surface area contributed by atoms with Crippen molar-refractivity contribution in [2.45, 2.75) is 35.8 Å². The van der Waals surface area contributed by atoms with Gasteiger partial charge in [-0.2, -0.15) is 4.31 Å². The monoisotopic (exact) mass is 468 g/mol. The number of hydrogen-bond donors (Lipinski definition) is 1. The van der Waals surface area contributed by atoms with E-state index < -0.39 is 10.0 Å². The van der Waals surface area contributed by atoms with Gasteiger partial charge in [0.15, 0.2) is 0 Å². The average molecular weight is 469 g/mol. The molecule has 1 fully saturated rings. The summed E-state index contributed by atoms with van der Waals surface area (Å²) in [5.41, 5.74) is 2.45. The summed E-state index contributed by atoms with van der Waals surface area (Å²) in [6.07, 6.45) is 2.81. The maximum atomic E-state index is 12.7. The van der Waals surface area contributed by atoms with Crippen molar-refractivity contribution in [2.75, 3.05) is 19.6 Å². The molecule has 0 atom stereocenters. The molecule has 1 aromatic heterocycles. The van der Waals surface area contributed by atoms with Crippen LogP contribution in [0.25, 0.3) is 0 Å². The standard InChI is InChI=1S/C25H28N2O3S2/c28-24(19-22-13-14-25(31-22)32(29,30)27-17-7-8-18-27)26-16-15-23(20-9-3-1-4-10-20)21-11-5-2-6-12-21/h1-6,9-14,23H,7-8,15-19H2,(H,26,28). The Hall–Kier alpha value is -2.48. The molecule has 0 radical (unpaired) electrons. The Bertz CT molecular complexity index is 1080. The molecule has 2 heterocycles. The topological polar surface area (TPSA) is 66.5 Å². The first-order chi connectivity index (χ1) is 15.5. The number of carbonyl (C=O) groups is 1. The molecule has 1 N–H and O–H groups in total. The van der Waals surface area contributed by atoms with Gasteiger partial charge in [-0.15, -0.1) is 11.3 Å². The number of sulfonamides is 1. The fraction of sp³-hybridized carbons (Fsp3) is 0.320. The predicted molar refractivity (Wildman–Crippen MR) is 128 cm³/mol. The number of hydrogen-bond acceptors (Lipinski definition) is 4. The van der Waals surface area contributed by atoms with Crippen LogP contribution in [0.2, 0.25) is 0 Å². The number of benzene rings is 2. The second-order valence-electron chi connectivity index (χ2n) is 8.02. The van der Waals surface area contributed by atoms with Gasteiger partial charge >= 0.3 is 0 Å². The molecule has 1 aliphatic heterocycles. The van der Waals surface area contributed by atoms with Gasteiger partial charge in [-0.05, 0) is 42.5 Å². The van der Waals surface area contributed by atoms with Crippen LogP contribution in [-0.2, 0) is 21.2 Å². The molecule has 4 rings (SSSR count). The summed E-state index contributed by atoms with van der Waals surface area (Å²) in [5.74, 6) is 0.119. The zero-order valence-electron chi connectivity index (χ0n) is 17.9. The lowest BCUT2D eigenvalue weighted by Crippen LogP contribution is -2.27. The Morgan fingerprint density at radius 1 is 0.906 bits per heavy atom. The summed E-state index contributed by atoms with van der Waals surface area (Å²) < 4.78 is 27.2. The van der Waals surface area contributed by atoms with Gasteiger partial charge in [-0.3, -0.25) is 4.79 Å². The van der Waals surface area contributed by atoms with E-state index in [2.05, 4.69) is 29.6 Å². The van der Waals surface area contributed by atoms with Gasteiger partial charge in [0.1, 0.15) is 4.21 Å². The van der Waals surface area contributed by atoms with E-state index in [1.807, 2.05) is 36.4 Å². The minimum Gasteiger partial charge on any atom is -0.356 e. The van der Waals surface area contributed by atoms with E-state index in [0.29, 0.717) is 23.8 Å². The van der Waals surface area contributed by atoms with Crippen LogP contribution in [-0.4, -0.2) is 38.3 Å². The summed E-state index contributed by atoms with van der Waals surface area (Å²) in [5, 5.41) is 3.01. The quantitative estimate of drug-likeness (QED) is 0.506. The Kier molecular flexibility index (Phi) is 7.40. The molecule has 0 unspecified atom stereocenters. The number of amides is 1. The molecule has 1 amide bonds. The Labute approximate surface area is 194 Å². The van der Waals surface area contributed by atoms with E-state index in [4.69, 9.17) is 0 Å². The zero-order chi connectivity index (χ0) is 22.4. The van der Waals surface area contributed by atoms with Crippen molar-refractivity contribution in [2.24, 2.45) is 0 Å². The number of nitrogens with one attached hydrogen (secondary N) is 1. The van der Waals surface area contributed by atoms with Crippen LogP contribution in [0.4, 0.5) is 0 Å². The van der Waals surface area contributed by atoms with Crippen LogP contribution < -0.4 is 5.32 Å². The average Bonchev–Trinajstić information content (AvgIpc) is 3.51. The Balaban J connectivity index is 1.34. The molecule has 7 heteroatoms. The van der Waals surface area contributed by atoms with E-state index in [1.165, 1.54) is 26.8 Å². The van der Waals surface area contributed by atoms with Gasteiger partial charge in [-0.25, -0.2) is 8.42 Å². The summed E-state index contributed by atoms with van der Waals surface area (Å²) >= 11 is 1.20. The van der Waals surface area contributed by atoms with Crippen molar-refractivity contribution in [3.05, 3.63) is 88.8 Å². The second-order valence-corrected chi connectivity index (χ2v) is 11.4. The lowest BCUT2D eigenvalue weighted by atomic mass is 9.88. The SMILES string of the molecule is O=C(Cc1ccc(S(=O)(=O)N2CCCC2)s1)NCCC(c1ccccc1)c1ccccc1. The zero-order valence-corrected chi connectivity index (χ0v) is 19.6. The van der Waals surface area contributed by atoms with Crippen LogP contribution in [0.1, 0.15) is 41.2 Å². The number of rotatable bonds is 9. The van der Waals surface area contributed by atoms with Crippen LogP contribution in [0.5, 0.6) is 0 Å². The minimum atomic E-state index is -3.42.